The molecule has 21 heavy (non-hydrogen) atoms. The molecule has 3 nitrogen and oxygen atoms in total. The molecule has 108 valence electrons. The lowest BCUT2D eigenvalue weighted by Gasteiger charge is -2.06. The van der Waals surface area contributed by atoms with Gasteiger partial charge < -0.3 is 14.6 Å². The Kier molecular flexibility index (Phi) is 3.93. The van der Waals surface area contributed by atoms with Gasteiger partial charge in [-0.2, -0.15) is 0 Å². The summed E-state index contributed by atoms with van der Waals surface area (Å²) in [5, 5.41) is 4.56. The summed E-state index contributed by atoms with van der Waals surface area (Å²) in [4.78, 5) is 0. The van der Waals surface area contributed by atoms with Gasteiger partial charge in [0.25, 0.3) is 0 Å². The van der Waals surface area contributed by atoms with Gasteiger partial charge in [0.2, 0.25) is 0 Å². The Morgan fingerprint density at radius 2 is 1.81 bits per heavy atom. The molecule has 0 unspecified atom stereocenters. The molecule has 0 saturated carbocycles. The van der Waals surface area contributed by atoms with Gasteiger partial charge in [-0.15, -0.1) is 0 Å². The molecule has 0 bridgehead atoms. The molecule has 0 aliphatic heterocycles. The molecule has 3 heteroatoms. The predicted octanol–water partition coefficient (Wildman–Crippen LogP) is 3.42. The summed E-state index contributed by atoms with van der Waals surface area (Å²) in [6.07, 6.45) is 2.24. The Hall–Kier alpha value is -2.26. The summed E-state index contributed by atoms with van der Waals surface area (Å²) in [5.41, 5.74) is 3.88. The third-order valence-corrected chi connectivity index (χ3v) is 3.75. The minimum Gasteiger partial charge on any atom is -0.497 e. The Morgan fingerprint density at radius 3 is 2.52 bits per heavy atom. The van der Waals surface area contributed by atoms with E-state index in [4.69, 9.17) is 4.74 Å². The predicted molar refractivity (Wildman–Crippen MR) is 86.8 cm³/mol. The first-order valence-corrected chi connectivity index (χ1v) is 7.16. The molecule has 1 N–H and O–H groups in total. The van der Waals surface area contributed by atoms with E-state index in [0.29, 0.717) is 0 Å². The maximum Gasteiger partial charge on any atom is 0.118 e. The molecule has 0 aliphatic rings. The molecule has 0 radical (unpaired) electrons. The summed E-state index contributed by atoms with van der Waals surface area (Å²) < 4.78 is 7.52. The van der Waals surface area contributed by atoms with E-state index in [1.807, 2.05) is 19.2 Å². The average molecular weight is 280 g/mol. The molecular formula is C18H20N2O. The highest BCUT2D eigenvalue weighted by Gasteiger charge is 2.07. The first-order chi connectivity index (χ1) is 10.3. The number of fused-ring (bicyclic) bond motifs is 1. The van der Waals surface area contributed by atoms with Crippen LogP contribution in [0.5, 0.6) is 5.75 Å². The zero-order valence-electron chi connectivity index (χ0n) is 12.5. The zero-order valence-corrected chi connectivity index (χ0v) is 12.5. The number of para-hydroxylation sites is 1. The number of nitrogens with one attached hydrogen (secondary N) is 1. The van der Waals surface area contributed by atoms with E-state index < -0.39 is 0 Å². The van der Waals surface area contributed by atoms with Crippen LogP contribution in [-0.2, 0) is 13.1 Å². The van der Waals surface area contributed by atoms with Crippen LogP contribution >= 0.6 is 0 Å². The van der Waals surface area contributed by atoms with Crippen molar-refractivity contribution in [1.29, 1.82) is 0 Å². The van der Waals surface area contributed by atoms with Gasteiger partial charge in [0.15, 0.2) is 0 Å². The fourth-order valence-corrected chi connectivity index (χ4v) is 2.71. The summed E-state index contributed by atoms with van der Waals surface area (Å²) in [6.45, 7) is 1.75. The largest absolute Gasteiger partial charge is 0.497 e. The maximum atomic E-state index is 5.21. The lowest BCUT2D eigenvalue weighted by Crippen LogP contribution is -2.04. The van der Waals surface area contributed by atoms with Crippen molar-refractivity contribution in [2.75, 3.05) is 14.2 Å². The standard InChI is InChI=1S/C18H20N2O/c1-19-11-15-13-20(18-6-4-3-5-17(15)18)12-14-7-9-16(21-2)10-8-14/h3-10,13,19H,11-12H2,1-2H3. The summed E-state index contributed by atoms with van der Waals surface area (Å²) in [6, 6.07) is 16.8. The van der Waals surface area contributed by atoms with E-state index in [2.05, 4.69) is 52.5 Å². The molecule has 3 aromatic rings. The molecule has 1 aromatic heterocycles. The lowest BCUT2D eigenvalue weighted by molar-refractivity contribution is 0.414. The molecule has 3 rings (SSSR count). The Morgan fingerprint density at radius 1 is 1.05 bits per heavy atom. The number of ether oxygens (including phenoxy) is 1. The van der Waals surface area contributed by atoms with Gasteiger partial charge in [-0.25, -0.2) is 0 Å². The molecule has 2 aromatic carbocycles. The SMILES string of the molecule is CNCc1cn(Cc2ccc(OC)cc2)c2ccccc12. The van der Waals surface area contributed by atoms with Crippen molar-refractivity contribution in [3.05, 3.63) is 65.9 Å². The minimum absolute atomic E-state index is 0.869. The fourth-order valence-electron chi connectivity index (χ4n) is 2.71. The number of rotatable bonds is 5. The van der Waals surface area contributed by atoms with E-state index in [-0.39, 0.29) is 0 Å². The second kappa shape index (κ2) is 6.02. The third kappa shape index (κ3) is 2.78. The van der Waals surface area contributed by atoms with Crippen molar-refractivity contribution in [3.63, 3.8) is 0 Å². The van der Waals surface area contributed by atoms with Crippen LogP contribution in [0.25, 0.3) is 10.9 Å². The van der Waals surface area contributed by atoms with Gasteiger partial charge in [0.05, 0.1) is 7.11 Å². The molecule has 0 fully saturated rings. The minimum atomic E-state index is 0.869. The summed E-state index contributed by atoms with van der Waals surface area (Å²) in [7, 11) is 3.67. The summed E-state index contributed by atoms with van der Waals surface area (Å²) >= 11 is 0. The van der Waals surface area contributed by atoms with Gasteiger partial charge in [0, 0.05) is 30.2 Å². The van der Waals surface area contributed by atoms with Crippen LogP contribution in [0.3, 0.4) is 0 Å². The van der Waals surface area contributed by atoms with Crippen LogP contribution in [0.2, 0.25) is 0 Å². The number of methoxy groups -OCH3 is 1. The van der Waals surface area contributed by atoms with Crippen molar-refractivity contribution in [1.82, 2.24) is 9.88 Å². The van der Waals surface area contributed by atoms with E-state index in [1.165, 1.54) is 22.0 Å². The Labute approximate surface area is 125 Å². The Balaban J connectivity index is 1.95. The highest BCUT2D eigenvalue weighted by atomic mass is 16.5. The highest BCUT2D eigenvalue weighted by Crippen LogP contribution is 2.23. The number of hydrogen-bond acceptors (Lipinski definition) is 2. The van der Waals surface area contributed by atoms with Gasteiger partial charge in [-0.1, -0.05) is 30.3 Å². The molecule has 0 atom stereocenters. The molecular weight excluding hydrogens is 260 g/mol. The maximum absolute atomic E-state index is 5.21. The first kappa shape index (κ1) is 13.7. The quantitative estimate of drug-likeness (QED) is 0.775. The van der Waals surface area contributed by atoms with Crippen LogP contribution in [0.15, 0.2) is 54.7 Å². The van der Waals surface area contributed by atoms with Crippen molar-refractivity contribution in [3.8, 4) is 5.75 Å². The highest BCUT2D eigenvalue weighted by molar-refractivity contribution is 5.84. The summed E-state index contributed by atoms with van der Waals surface area (Å²) in [5.74, 6) is 0.895. The lowest BCUT2D eigenvalue weighted by atomic mass is 10.2. The average Bonchev–Trinajstić information content (AvgIpc) is 2.87. The molecule has 0 spiro atoms. The van der Waals surface area contributed by atoms with Crippen LogP contribution < -0.4 is 10.1 Å². The first-order valence-electron chi connectivity index (χ1n) is 7.16. The smallest absolute Gasteiger partial charge is 0.118 e. The molecule has 1 heterocycles. The van der Waals surface area contributed by atoms with Gasteiger partial charge in [-0.05, 0) is 36.4 Å². The molecule has 0 aliphatic carbocycles. The number of aromatic nitrogens is 1. The molecule has 0 amide bonds. The number of nitrogens with zero attached hydrogens (tertiary/aromatic N) is 1. The normalized spacial score (nSPS) is 11.0. The molecule has 0 saturated heterocycles. The third-order valence-electron chi connectivity index (χ3n) is 3.75. The fraction of sp³-hybridized carbons (Fsp3) is 0.222. The second-order valence-corrected chi connectivity index (χ2v) is 5.18. The van der Waals surface area contributed by atoms with Crippen molar-refractivity contribution < 1.29 is 4.74 Å². The Bertz CT molecular complexity index is 729. The van der Waals surface area contributed by atoms with Crippen LogP contribution in [0.4, 0.5) is 0 Å². The number of benzene rings is 2. The van der Waals surface area contributed by atoms with Crippen molar-refractivity contribution in [2.45, 2.75) is 13.1 Å². The van der Waals surface area contributed by atoms with E-state index in [0.717, 1.165) is 18.8 Å². The van der Waals surface area contributed by atoms with Crippen LogP contribution in [0.1, 0.15) is 11.1 Å². The van der Waals surface area contributed by atoms with Gasteiger partial charge in [-0.3, -0.25) is 0 Å². The van der Waals surface area contributed by atoms with Crippen molar-refractivity contribution >= 4 is 10.9 Å². The second-order valence-electron chi connectivity index (χ2n) is 5.18. The van der Waals surface area contributed by atoms with E-state index >= 15 is 0 Å². The van der Waals surface area contributed by atoms with E-state index in [1.54, 1.807) is 7.11 Å². The number of hydrogen-bond donors (Lipinski definition) is 1. The van der Waals surface area contributed by atoms with Gasteiger partial charge in [0.1, 0.15) is 5.75 Å². The van der Waals surface area contributed by atoms with E-state index in [9.17, 15) is 0 Å². The monoisotopic (exact) mass is 280 g/mol. The van der Waals surface area contributed by atoms with Crippen LogP contribution in [-0.4, -0.2) is 18.7 Å². The van der Waals surface area contributed by atoms with Crippen molar-refractivity contribution in [2.24, 2.45) is 0 Å². The zero-order chi connectivity index (χ0) is 14.7. The van der Waals surface area contributed by atoms with Gasteiger partial charge >= 0.3 is 0 Å². The van der Waals surface area contributed by atoms with Crippen LogP contribution in [0, 0.1) is 0 Å². The topological polar surface area (TPSA) is 26.2 Å².